The molecule has 1 aliphatic carbocycles. The van der Waals surface area contributed by atoms with Crippen LogP contribution in [-0.2, 0) is 20.8 Å². The Hall–Kier alpha value is -3.15. The highest BCUT2D eigenvalue weighted by Crippen LogP contribution is 2.31. The van der Waals surface area contributed by atoms with E-state index < -0.39 is 23.8 Å². The van der Waals surface area contributed by atoms with Gasteiger partial charge < -0.3 is 15.5 Å². The maximum atomic E-state index is 12.8. The van der Waals surface area contributed by atoms with E-state index in [1.54, 1.807) is 6.92 Å². The lowest BCUT2D eigenvalue weighted by Gasteiger charge is -2.23. The van der Waals surface area contributed by atoms with Crippen LogP contribution < -0.4 is 5.32 Å². The molecule has 1 fully saturated rings. The summed E-state index contributed by atoms with van der Waals surface area (Å²) in [6.07, 6.45) is 2.23. The standard InChI is InChI=1S/C25H29NO5/c1-16(24(28)29)13-22(26-23(27)20-11-12-21(15-20)25(30)31)14-17-7-9-19(10-8-17)18-5-3-2-4-6-18/h2-10,16,20-22H,11-15H2,1H3,(H,26,27)(H,28,29)(H,30,31)/t16-,20+,21-,22+/m1/s1. The summed E-state index contributed by atoms with van der Waals surface area (Å²) < 4.78 is 0. The van der Waals surface area contributed by atoms with Crippen molar-refractivity contribution in [3.8, 4) is 11.1 Å². The van der Waals surface area contributed by atoms with Crippen LogP contribution in [0.1, 0.15) is 38.2 Å². The zero-order valence-electron chi connectivity index (χ0n) is 17.7. The van der Waals surface area contributed by atoms with Gasteiger partial charge in [0.05, 0.1) is 11.8 Å². The van der Waals surface area contributed by atoms with Crippen LogP contribution in [0.2, 0.25) is 0 Å². The molecular formula is C25H29NO5. The van der Waals surface area contributed by atoms with Gasteiger partial charge in [-0.3, -0.25) is 14.4 Å². The van der Waals surface area contributed by atoms with Gasteiger partial charge in [0, 0.05) is 12.0 Å². The van der Waals surface area contributed by atoms with Crippen molar-refractivity contribution in [3.63, 3.8) is 0 Å². The molecule has 0 aliphatic heterocycles. The van der Waals surface area contributed by atoms with Crippen LogP contribution in [0.15, 0.2) is 54.6 Å². The number of carboxylic acids is 2. The van der Waals surface area contributed by atoms with Crippen molar-refractivity contribution in [2.75, 3.05) is 0 Å². The van der Waals surface area contributed by atoms with Gasteiger partial charge in [0.15, 0.2) is 0 Å². The van der Waals surface area contributed by atoms with E-state index in [2.05, 4.69) is 5.32 Å². The number of nitrogens with one attached hydrogen (secondary N) is 1. The summed E-state index contributed by atoms with van der Waals surface area (Å²) in [5.41, 5.74) is 3.22. The van der Waals surface area contributed by atoms with E-state index in [0.717, 1.165) is 16.7 Å². The van der Waals surface area contributed by atoms with E-state index in [1.807, 2.05) is 54.6 Å². The molecule has 1 saturated carbocycles. The van der Waals surface area contributed by atoms with Crippen molar-refractivity contribution < 1.29 is 24.6 Å². The molecule has 3 N–H and O–H groups in total. The van der Waals surface area contributed by atoms with Crippen molar-refractivity contribution >= 4 is 17.8 Å². The van der Waals surface area contributed by atoms with E-state index in [1.165, 1.54) is 0 Å². The molecule has 6 heteroatoms. The van der Waals surface area contributed by atoms with Crippen LogP contribution in [0.4, 0.5) is 0 Å². The number of benzene rings is 2. The Labute approximate surface area is 182 Å². The van der Waals surface area contributed by atoms with Crippen LogP contribution in [0, 0.1) is 17.8 Å². The Kier molecular flexibility index (Phi) is 7.45. The summed E-state index contributed by atoms with van der Waals surface area (Å²) in [5, 5.41) is 21.5. The Bertz CT molecular complexity index is 909. The summed E-state index contributed by atoms with van der Waals surface area (Å²) in [7, 11) is 0. The lowest BCUT2D eigenvalue weighted by atomic mass is 9.94. The van der Waals surface area contributed by atoms with Crippen molar-refractivity contribution in [3.05, 3.63) is 60.2 Å². The van der Waals surface area contributed by atoms with Gasteiger partial charge in [0.1, 0.15) is 0 Å². The molecule has 3 rings (SSSR count). The fourth-order valence-corrected chi connectivity index (χ4v) is 4.23. The highest BCUT2D eigenvalue weighted by atomic mass is 16.4. The molecular weight excluding hydrogens is 394 g/mol. The molecule has 1 amide bonds. The van der Waals surface area contributed by atoms with E-state index in [-0.39, 0.29) is 17.9 Å². The molecule has 164 valence electrons. The fourth-order valence-electron chi connectivity index (χ4n) is 4.23. The molecule has 1 aliphatic rings. The number of carboxylic acid groups (broad SMARTS) is 2. The van der Waals surface area contributed by atoms with Gasteiger partial charge in [0.2, 0.25) is 5.91 Å². The number of hydrogen-bond acceptors (Lipinski definition) is 3. The third-order valence-corrected chi connectivity index (χ3v) is 6.10. The second kappa shape index (κ2) is 10.2. The molecule has 2 aromatic carbocycles. The van der Waals surface area contributed by atoms with Gasteiger partial charge in [-0.2, -0.15) is 0 Å². The lowest BCUT2D eigenvalue weighted by molar-refractivity contribution is -0.143. The minimum absolute atomic E-state index is 0.174. The third kappa shape index (κ3) is 6.17. The molecule has 0 spiro atoms. The SMILES string of the molecule is C[C@H](C[C@@H](Cc1ccc(-c2ccccc2)cc1)NC(=O)[C@H]1CC[C@@H](C(=O)O)C1)C(=O)O. The number of aliphatic carboxylic acids is 2. The monoisotopic (exact) mass is 423 g/mol. The Morgan fingerprint density at radius 1 is 0.935 bits per heavy atom. The Balaban J connectivity index is 1.68. The highest BCUT2D eigenvalue weighted by Gasteiger charge is 2.34. The van der Waals surface area contributed by atoms with E-state index in [0.29, 0.717) is 32.1 Å². The molecule has 2 aromatic rings. The summed E-state index contributed by atoms with van der Waals surface area (Å²) in [6.45, 7) is 1.63. The van der Waals surface area contributed by atoms with Crippen LogP contribution in [-0.4, -0.2) is 34.1 Å². The van der Waals surface area contributed by atoms with Gasteiger partial charge in [-0.25, -0.2) is 0 Å². The van der Waals surface area contributed by atoms with Crippen molar-refractivity contribution in [2.45, 2.75) is 45.1 Å². The average molecular weight is 424 g/mol. The average Bonchev–Trinajstić information content (AvgIpc) is 3.25. The molecule has 0 saturated heterocycles. The van der Waals surface area contributed by atoms with E-state index >= 15 is 0 Å². The zero-order chi connectivity index (χ0) is 22.4. The summed E-state index contributed by atoms with van der Waals surface area (Å²) >= 11 is 0. The minimum atomic E-state index is -0.898. The largest absolute Gasteiger partial charge is 0.481 e. The molecule has 0 unspecified atom stereocenters. The first-order valence-corrected chi connectivity index (χ1v) is 10.7. The first-order valence-electron chi connectivity index (χ1n) is 10.7. The first-order chi connectivity index (χ1) is 14.8. The third-order valence-electron chi connectivity index (χ3n) is 6.10. The molecule has 31 heavy (non-hydrogen) atoms. The Morgan fingerprint density at radius 3 is 2.13 bits per heavy atom. The number of amides is 1. The first kappa shape index (κ1) is 22.5. The van der Waals surface area contributed by atoms with Gasteiger partial charge in [0.25, 0.3) is 0 Å². The maximum Gasteiger partial charge on any atom is 0.306 e. The van der Waals surface area contributed by atoms with Crippen molar-refractivity contribution in [1.82, 2.24) is 5.32 Å². The lowest BCUT2D eigenvalue weighted by Crippen LogP contribution is -2.41. The number of carbonyl (C=O) groups is 3. The molecule has 6 nitrogen and oxygen atoms in total. The summed E-state index contributed by atoms with van der Waals surface area (Å²) in [6, 6.07) is 17.8. The van der Waals surface area contributed by atoms with Gasteiger partial charge in [-0.05, 0) is 48.8 Å². The Morgan fingerprint density at radius 2 is 1.55 bits per heavy atom. The maximum absolute atomic E-state index is 12.8. The minimum Gasteiger partial charge on any atom is -0.481 e. The molecule has 4 atom stereocenters. The van der Waals surface area contributed by atoms with Crippen molar-refractivity contribution in [2.24, 2.45) is 17.8 Å². The molecule has 0 heterocycles. The van der Waals surface area contributed by atoms with Crippen molar-refractivity contribution in [1.29, 1.82) is 0 Å². The second-order valence-corrected chi connectivity index (χ2v) is 8.49. The van der Waals surface area contributed by atoms with Gasteiger partial charge >= 0.3 is 11.9 Å². The van der Waals surface area contributed by atoms with Crippen LogP contribution >= 0.6 is 0 Å². The highest BCUT2D eigenvalue weighted by molar-refractivity contribution is 5.81. The van der Waals surface area contributed by atoms with Crippen LogP contribution in [0.25, 0.3) is 11.1 Å². The predicted molar refractivity (Wildman–Crippen MR) is 117 cm³/mol. The second-order valence-electron chi connectivity index (χ2n) is 8.49. The zero-order valence-corrected chi connectivity index (χ0v) is 17.7. The van der Waals surface area contributed by atoms with E-state index in [4.69, 9.17) is 0 Å². The van der Waals surface area contributed by atoms with Gasteiger partial charge in [-0.15, -0.1) is 0 Å². The quantitative estimate of drug-likeness (QED) is 0.566. The predicted octanol–water partition coefficient (Wildman–Crippen LogP) is 3.99. The van der Waals surface area contributed by atoms with Crippen LogP contribution in [0.5, 0.6) is 0 Å². The normalized spacial score (nSPS) is 20.0. The topological polar surface area (TPSA) is 104 Å². The van der Waals surface area contributed by atoms with E-state index in [9.17, 15) is 24.6 Å². The number of rotatable bonds is 9. The molecule has 0 aromatic heterocycles. The molecule has 0 bridgehead atoms. The number of carbonyl (C=O) groups excluding carboxylic acids is 1. The summed E-state index contributed by atoms with van der Waals surface area (Å²) in [4.78, 5) is 35.3. The fraction of sp³-hybridized carbons (Fsp3) is 0.400. The van der Waals surface area contributed by atoms with Gasteiger partial charge in [-0.1, -0.05) is 61.5 Å². The number of hydrogen-bond donors (Lipinski definition) is 3. The summed E-state index contributed by atoms with van der Waals surface area (Å²) in [5.74, 6) is -3.33. The van der Waals surface area contributed by atoms with Crippen LogP contribution in [0.3, 0.4) is 0 Å². The smallest absolute Gasteiger partial charge is 0.306 e. The molecule has 0 radical (unpaired) electrons.